The van der Waals surface area contributed by atoms with Crippen molar-refractivity contribution < 1.29 is 9.18 Å². The third kappa shape index (κ3) is 3.98. The Bertz CT molecular complexity index is 383. The summed E-state index contributed by atoms with van der Waals surface area (Å²) in [6.45, 7) is 4.12. The molecule has 0 heterocycles. The fourth-order valence-corrected chi connectivity index (χ4v) is 2.21. The van der Waals surface area contributed by atoms with E-state index in [1.54, 1.807) is 0 Å². The molecule has 0 radical (unpaired) electrons. The molecule has 1 rings (SSSR count). The lowest BCUT2D eigenvalue weighted by molar-refractivity contribution is 0.0928. The molecule has 0 saturated carbocycles. The number of hydrogen-bond acceptors (Lipinski definition) is 1. The summed E-state index contributed by atoms with van der Waals surface area (Å²) in [5.41, 5.74) is -0.0589. The van der Waals surface area contributed by atoms with E-state index in [2.05, 4.69) is 19.2 Å². The highest BCUT2D eigenvalue weighted by Gasteiger charge is 2.18. The summed E-state index contributed by atoms with van der Waals surface area (Å²) in [6.07, 6.45) is 3.75. The van der Waals surface area contributed by atoms with Crippen LogP contribution in [0.5, 0.6) is 0 Å². The highest BCUT2D eigenvalue weighted by molar-refractivity contribution is 6.33. The van der Waals surface area contributed by atoms with Crippen LogP contribution >= 0.6 is 11.6 Å². The van der Waals surface area contributed by atoms with Crippen molar-refractivity contribution in [3.63, 3.8) is 0 Å². The molecule has 0 aromatic heterocycles. The molecule has 1 N–H and O–H groups in total. The van der Waals surface area contributed by atoms with Crippen LogP contribution in [0.25, 0.3) is 0 Å². The van der Waals surface area contributed by atoms with Crippen molar-refractivity contribution in [2.24, 2.45) is 0 Å². The van der Waals surface area contributed by atoms with Gasteiger partial charge in [0.25, 0.3) is 5.91 Å². The monoisotopic (exact) mass is 271 g/mol. The van der Waals surface area contributed by atoms with Gasteiger partial charge in [0.15, 0.2) is 0 Å². The van der Waals surface area contributed by atoms with Crippen molar-refractivity contribution in [1.29, 1.82) is 0 Å². The van der Waals surface area contributed by atoms with E-state index in [4.69, 9.17) is 11.6 Å². The average Bonchev–Trinajstić information content (AvgIpc) is 2.29. The molecule has 18 heavy (non-hydrogen) atoms. The van der Waals surface area contributed by atoms with Crippen LogP contribution in [0.4, 0.5) is 4.39 Å². The molecule has 1 aromatic rings. The maximum Gasteiger partial charge on any atom is 0.255 e. The van der Waals surface area contributed by atoms with Crippen LogP contribution in [0.3, 0.4) is 0 Å². The maximum absolute atomic E-state index is 13.6. The summed E-state index contributed by atoms with van der Waals surface area (Å²) >= 11 is 5.86. The molecule has 0 unspecified atom stereocenters. The summed E-state index contributed by atoms with van der Waals surface area (Å²) in [6, 6.07) is 4.34. The standard InChI is InChI=1S/C14H19ClFNO/c1-3-6-10(7-4-2)17-14(18)13-11(15)8-5-9-12(13)16/h5,8-10H,3-4,6-7H2,1-2H3,(H,17,18). The Kier molecular flexibility index (Phi) is 6.13. The normalized spacial score (nSPS) is 10.7. The smallest absolute Gasteiger partial charge is 0.255 e. The molecule has 1 aromatic carbocycles. The van der Waals surface area contributed by atoms with E-state index >= 15 is 0 Å². The third-order valence-electron chi connectivity index (χ3n) is 2.80. The van der Waals surface area contributed by atoms with Gasteiger partial charge in [0.1, 0.15) is 5.82 Å². The first kappa shape index (κ1) is 15.0. The van der Waals surface area contributed by atoms with E-state index < -0.39 is 11.7 Å². The lowest BCUT2D eigenvalue weighted by Gasteiger charge is -2.18. The number of halogens is 2. The molecular weight excluding hydrogens is 253 g/mol. The minimum absolute atomic E-state index is 0.0589. The largest absolute Gasteiger partial charge is 0.349 e. The van der Waals surface area contributed by atoms with Crippen molar-refractivity contribution >= 4 is 17.5 Å². The van der Waals surface area contributed by atoms with E-state index in [0.29, 0.717) is 0 Å². The number of nitrogens with one attached hydrogen (secondary N) is 1. The average molecular weight is 272 g/mol. The van der Waals surface area contributed by atoms with Gasteiger partial charge in [-0.05, 0) is 25.0 Å². The zero-order valence-corrected chi connectivity index (χ0v) is 11.6. The van der Waals surface area contributed by atoms with Gasteiger partial charge in [0.2, 0.25) is 0 Å². The Labute approximate surface area is 113 Å². The van der Waals surface area contributed by atoms with Gasteiger partial charge in [0, 0.05) is 6.04 Å². The van der Waals surface area contributed by atoms with Crippen LogP contribution in [0.15, 0.2) is 18.2 Å². The predicted molar refractivity (Wildman–Crippen MR) is 72.5 cm³/mol. The van der Waals surface area contributed by atoms with Crippen LogP contribution in [0.1, 0.15) is 49.9 Å². The Morgan fingerprint density at radius 1 is 1.33 bits per heavy atom. The first-order valence-corrected chi connectivity index (χ1v) is 6.72. The number of carbonyl (C=O) groups excluding carboxylic acids is 1. The van der Waals surface area contributed by atoms with E-state index in [1.165, 1.54) is 18.2 Å². The molecule has 2 nitrogen and oxygen atoms in total. The molecule has 100 valence electrons. The van der Waals surface area contributed by atoms with Crippen molar-refractivity contribution in [2.75, 3.05) is 0 Å². The first-order valence-electron chi connectivity index (χ1n) is 6.35. The summed E-state index contributed by atoms with van der Waals surface area (Å²) < 4.78 is 13.6. The second-order valence-electron chi connectivity index (χ2n) is 4.34. The van der Waals surface area contributed by atoms with E-state index in [0.717, 1.165) is 25.7 Å². The Morgan fingerprint density at radius 3 is 2.44 bits per heavy atom. The van der Waals surface area contributed by atoms with Crippen molar-refractivity contribution in [3.8, 4) is 0 Å². The lowest BCUT2D eigenvalue weighted by atomic mass is 10.1. The van der Waals surface area contributed by atoms with Crippen molar-refractivity contribution in [1.82, 2.24) is 5.32 Å². The molecule has 0 spiro atoms. The Morgan fingerprint density at radius 2 is 1.94 bits per heavy atom. The second kappa shape index (κ2) is 7.37. The highest BCUT2D eigenvalue weighted by Crippen LogP contribution is 2.19. The molecule has 1 amide bonds. The van der Waals surface area contributed by atoms with Crippen LogP contribution in [0.2, 0.25) is 5.02 Å². The SMILES string of the molecule is CCCC(CCC)NC(=O)c1c(F)cccc1Cl. The first-order chi connectivity index (χ1) is 8.60. The molecule has 0 saturated heterocycles. The van der Waals surface area contributed by atoms with E-state index in [1.807, 2.05) is 0 Å². The quantitative estimate of drug-likeness (QED) is 0.826. The second-order valence-corrected chi connectivity index (χ2v) is 4.75. The zero-order chi connectivity index (χ0) is 13.5. The molecule has 0 aliphatic rings. The van der Waals surface area contributed by atoms with Gasteiger partial charge >= 0.3 is 0 Å². The van der Waals surface area contributed by atoms with Crippen LogP contribution in [0, 0.1) is 5.82 Å². The van der Waals surface area contributed by atoms with E-state index in [9.17, 15) is 9.18 Å². The number of amides is 1. The molecule has 0 aliphatic carbocycles. The van der Waals surface area contributed by atoms with Gasteiger partial charge in [-0.2, -0.15) is 0 Å². The fraction of sp³-hybridized carbons (Fsp3) is 0.500. The number of rotatable bonds is 6. The number of benzene rings is 1. The van der Waals surface area contributed by atoms with E-state index in [-0.39, 0.29) is 16.6 Å². The fourth-order valence-electron chi connectivity index (χ4n) is 1.96. The van der Waals surface area contributed by atoms with Crippen LogP contribution in [-0.4, -0.2) is 11.9 Å². The van der Waals surface area contributed by atoms with Crippen LogP contribution < -0.4 is 5.32 Å². The Hall–Kier alpha value is -1.09. The topological polar surface area (TPSA) is 29.1 Å². The van der Waals surface area contributed by atoms with Gasteiger partial charge in [-0.25, -0.2) is 4.39 Å². The maximum atomic E-state index is 13.6. The third-order valence-corrected chi connectivity index (χ3v) is 3.11. The van der Waals surface area contributed by atoms with Gasteiger partial charge < -0.3 is 5.32 Å². The summed E-state index contributed by atoms with van der Waals surface area (Å²) in [4.78, 5) is 12.0. The zero-order valence-electron chi connectivity index (χ0n) is 10.8. The molecule has 0 aliphatic heterocycles. The minimum atomic E-state index is -0.577. The molecule has 0 bridgehead atoms. The Balaban J connectivity index is 2.80. The molecule has 0 fully saturated rings. The molecule has 0 atom stereocenters. The van der Waals surface area contributed by atoms with Gasteiger partial charge in [-0.3, -0.25) is 4.79 Å². The molecular formula is C14H19ClFNO. The lowest BCUT2D eigenvalue weighted by Crippen LogP contribution is -2.35. The van der Waals surface area contributed by atoms with Crippen molar-refractivity contribution in [2.45, 2.75) is 45.6 Å². The van der Waals surface area contributed by atoms with Crippen LogP contribution in [-0.2, 0) is 0 Å². The van der Waals surface area contributed by atoms with Gasteiger partial charge in [-0.1, -0.05) is 44.4 Å². The van der Waals surface area contributed by atoms with Gasteiger partial charge in [0.05, 0.1) is 10.6 Å². The highest BCUT2D eigenvalue weighted by atomic mass is 35.5. The van der Waals surface area contributed by atoms with Gasteiger partial charge in [-0.15, -0.1) is 0 Å². The molecule has 4 heteroatoms. The minimum Gasteiger partial charge on any atom is -0.349 e. The number of hydrogen-bond donors (Lipinski definition) is 1. The summed E-state index contributed by atoms with van der Waals surface area (Å²) in [5.74, 6) is -1.00. The number of carbonyl (C=O) groups is 1. The summed E-state index contributed by atoms with van der Waals surface area (Å²) in [5, 5.41) is 3.01. The summed E-state index contributed by atoms with van der Waals surface area (Å²) in [7, 11) is 0. The predicted octanol–water partition coefficient (Wildman–Crippen LogP) is 4.18. The van der Waals surface area contributed by atoms with Crippen molar-refractivity contribution in [3.05, 3.63) is 34.6 Å².